The minimum absolute atomic E-state index is 0.786. The van der Waals surface area contributed by atoms with Crippen LogP contribution in [0.2, 0.25) is 0 Å². The van der Waals surface area contributed by atoms with Crippen LogP contribution in [-0.4, -0.2) is 5.16 Å². The quantitative estimate of drug-likeness (QED) is 0.682. The van der Waals surface area contributed by atoms with Gasteiger partial charge in [-0.1, -0.05) is 51.4 Å². The van der Waals surface area contributed by atoms with Gasteiger partial charge in [-0.2, -0.15) is 0 Å². The monoisotopic (exact) mass is 299 g/mol. The summed E-state index contributed by atoms with van der Waals surface area (Å²) in [7, 11) is 0. The average molecular weight is 300 g/mol. The molecule has 0 aliphatic heterocycles. The molecule has 88 valence electrons. The summed E-state index contributed by atoms with van der Waals surface area (Å²) < 4.78 is 6.39. The molecule has 0 bridgehead atoms. The molecule has 2 nitrogen and oxygen atoms in total. The molecule has 0 saturated carbocycles. The van der Waals surface area contributed by atoms with Crippen molar-refractivity contribution in [1.29, 1.82) is 0 Å². The van der Waals surface area contributed by atoms with Crippen molar-refractivity contribution >= 4 is 39.0 Å². The van der Waals surface area contributed by atoms with Gasteiger partial charge in [-0.15, -0.1) is 0 Å². The van der Waals surface area contributed by atoms with Crippen LogP contribution in [0.1, 0.15) is 11.3 Å². The number of rotatable bonds is 2. The van der Waals surface area contributed by atoms with Crippen molar-refractivity contribution in [3.8, 4) is 0 Å². The lowest BCUT2D eigenvalue weighted by Crippen LogP contribution is -1.71. The summed E-state index contributed by atoms with van der Waals surface area (Å²) in [6.45, 7) is 0. The van der Waals surface area contributed by atoms with Crippen LogP contribution < -0.4 is 0 Å². The van der Waals surface area contributed by atoms with Crippen LogP contribution in [0.15, 0.2) is 57.5 Å². The number of halogens is 1. The highest BCUT2D eigenvalue weighted by molar-refractivity contribution is 9.10. The smallest absolute Gasteiger partial charge is 0.167 e. The number of aromatic nitrogens is 1. The van der Waals surface area contributed by atoms with E-state index in [1.807, 2.05) is 60.7 Å². The predicted molar refractivity (Wildman–Crippen MR) is 77.1 cm³/mol. The highest BCUT2D eigenvalue weighted by Crippen LogP contribution is 2.20. The molecular weight excluding hydrogens is 290 g/mol. The van der Waals surface area contributed by atoms with E-state index in [4.69, 9.17) is 4.52 Å². The second kappa shape index (κ2) is 4.78. The van der Waals surface area contributed by atoms with E-state index in [1.165, 1.54) is 0 Å². The normalized spacial score (nSPS) is 11.4. The van der Waals surface area contributed by atoms with Crippen molar-refractivity contribution < 1.29 is 4.52 Å². The van der Waals surface area contributed by atoms with Crippen molar-refractivity contribution in [3.05, 3.63) is 64.3 Å². The molecule has 0 N–H and O–H groups in total. The van der Waals surface area contributed by atoms with E-state index < -0.39 is 0 Å². The van der Waals surface area contributed by atoms with E-state index in [2.05, 4.69) is 21.1 Å². The summed E-state index contributed by atoms with van der Waals surface area (Å²) in [5.74, 6) is 0.786. The summed E-state index contributed by atoms with van der Waals surface area (Å²) in [5, 5.41) is 5.04. The first kappa shape index (κ1) is 11.2. The molecule has 3 heteroatoms. The SMILES string of the molecule is Brc1ccc(/C=C\c2onc3ccccc23)cc1. The number of hydrogen-bond acceptors (Lipinski definition) is 2. The maximum absolute atomic E-state index is 5.31. The van der Waals surface area contributed by atoms with Crippen molar-refractivity contribution in [1.82, 2.24) is 5.16 Å². The van der Waals surface area contributed by atoms with Gasteiger partial charge < -0.3 is 4.52 Å². The van der Waals surface area contributed by atoms with E-state index in [1.54, 1.807) is 0 Å². The van der Waals surface area contributed by atoms with Gasteiger partial charge in [0.05, 0.1) is 0 Å². The van der Waals surface area contributed by atoms with Crippen LogP contribution >= 0.6 is 15.9 Å². The van der Waals surface area contributed by atoms with E-state index in [-0.39, 0.29) is 0 Å². The molecule has 18 heavy (non-hydrogen) atoms. The lowest BCUT2D eigenvalue weighted by Gasteiger charge is -1.93. The summed E-state index contributed by atoms with van der Waals surface area (Å²) in [6.07, 6.45) is 3.96. The van der Waals surface area contributed by atoms with Gasteiger partial charge in [-0.05, 0) is 35.9 Å². The molecule has 0 aliphatic rings. The van der Waals surface area contributed by atoms with Gasteiger partial charge in [0.2, 0.25) is 0 Å². The molecule has 0 saturated heterocycles. The minimum Gasteiger partial charge on any atom is -0.356 e. The summed E-state index contributed by atoms with van der Waals surface area (Å²) in [5.41, 5.74) is 2.01. The van der Waals surface area contributed by atoms with E-state index in [0.29, 0.717) is 0 Å². The van der Waals surface area contributed by atoms with Crippen LogP contribution in [0.3, 0.4) is 0 Å². The minimum atomic E-state index is 0.786. The van der Waals surface area contributed by atoms with Crippen LogP contribution in [0.25, 0.3) is 23.1 Å². The standard InChI is InChI=1S/C15H10BrNO/c16-12-8-5-11(6-9-12)7-10-15-13-3-1-2-4-14(13)17-18-15/h1-10H/b10-7-. The van der Waals surface area contributed by atoms with Gasteiger partial charge in [0, 0.05) is 9.86 Å². The molecule has 0 unspecified atom stereocenters. The van der Waals surface area contributed by atoms with Crippen molar-refractivity contribution in [3.63, 3.8) is 0 Å². The highest BCUT2D eigenvalue weighted by atomic mass is 79.9. The van der Waals surface area contributed by atoms with Crippen molar-refractivity contribution in [2.75, 3.05) is 0 Å². The molecule has 0 fully saturated rings. The van der Waals surface area contributed by atoms with Gasteiger partial charge in [-0.3, -0.25) is 0 Å². The maximum Gasteiger partial charge on any atom is 0.167 e. The number of nitrogens with zero attached hydrogens (tertiary/aromatic N) is 1. The molecule has 1 heterocycles. The van der Waals surface area contributed by atoms with Crippen LogP contribution in [0, 0.1) is 0 Å². The first-order valence-corrected chi connectivity index (χ1v) is 6.40. The lowest BCUT2D eigenvalue weighted by atomic mass is 10.1. The third kappa shape index (κ3) is 2.22. The first-order chi connectivity index (χ1) is 8.83. The molecule has 3 rings (SSSR count). The fraction of sp³-hybridized carbons (Fsp3) is 0. The summed E-state index contributed by atoms with van der Waals surface area (Å²) in [4.78, 5) is 0. The third-order valence-electron chi connectivity index (χ3n) is 2.71. The molecule has 0 atom stereocenters. The zero-order chi connectivity index (χ0) is 12.4. The zero-order valence-electron chi connectivity index (χ0n) is 9.51. The topological polar surface area (TPSA) is 26.0 Å². The Morgan fingerprint density at radius 1 is 0.944 bits per heavy atom. The zero-order valence-corrected chi connectivity index (χ0v) is 11.1. The fourth-order valence-corrected chi connectivity index (χ4v) is 2.04. The Kier molecular flexibility index (Phi) is 2.99. The van der Waals surface area contributed by atoms with Crippen LogP contribution in [-0.2, 0) is 0 Å². The Morgan fingerprint density at radius 3 is 2.56 bits per heavy atom. The van der Waals surface area contributed by atoms with Gasteiger partial charge in [0.1, 0.15) is 5.52 Å². The Labute approximate surface area is 113 Å². The third-order valence-corrected chi connectivity index (χ3v) is 3.24. The van der Waals surface area contributed by atoms with Crippen LogP contribution in [0.5, 0.6) is 0 Å². The molecule has 1 aromatic heterocycles. The highest BCUT2D eigenvalue weighted by Gasteiger charge is 2.03. The van der Waals surface area contributed by atoms with Gasteiger partial charge in [-0.25, -0.2) is 0 Å². The van der Waals surface area contributed by atoms with Crippen LogP contribution in [0.4, 0.5) is 0 Å². The lowest BCUT2D eigenvalue weighted by molar-refractivity contribution is 0.421. The average Bonchev–Trinajstić information content (AvgIpc) is 2.82. The molecule has 0 spiro atoms. The molecule has 0 radical (unpaired) electrons. The molecule has 3 aromatic rings. The van der Waals surface area contributed by atoms with E-state index in [9.17, 15) is 0 Å². The molecule has 0 amide bonds. The molecule has 2 aromatic carbocycles. The van der Waals surface area contributed by atoms with Gasteiger partial charge in [0.15, 0.2) is 5.76 Å². The Bertz CT molecular complexity index is 698. The van der Waals surface area contributed by atoms with Gasteiger partial charge in [0.25, 0.3) is 0 Å². The van der Waals surface area contributed by atoms with Gasteiger partial charge >= 0.3 is 0 Å². The fourth-order valence-electron chi connectivity index (χ4n) is 1.78. The van der Waals surface area contributed by atoms with E-state index >= 15 is 0 Å². The Hall–Kier alpha value is -1.87. The number of fused-ring (bicyclic) bond motifs is 1. The van der Waals surface area contributed by atoms with Crippen molar-refractivity contribution in [2.24, 2.45) is 0 Å². The predicted octanol–water partition coefficient (Wildman–Crippen LogP) is 4.76. The Morgan fingerprint density at radius 2 is 1.72 bits per heavy atom. The number of benzene rings is 2. The molecular formula is C15H10BrNO. The first-order valence-electron chi connectivity index (χ1n) is 5.61. The summed E-state index contributed by atoms with van der Waals surface area (Å²) >= 11 is 3.42. The second-order valence-corrected chi connectivity index (χ2v) is 4.86. The second-order valence-electron chi connectivity index (χ2n) is 3.95. The number of hydrogen-bond donors (Lipinski definition) is 0. The van der Waals surface area contributed by atoms with Crippen molar-refractivity contribution in [2.45, 2.75) is 0 Å². The summed E-state index contributed by atoms with van der Waals surface area (Å²) in [6, 6.07) is 16.0. The van der Waals surface area contributed by atoms with E-state index in [0.717, 1.165) is 26.7 Å². The largest absolute Gasteiger partial charge is 0.356 e. The maximum atomic E-state index is 5.31. The Balaban J connectivity index is 1.94. The molecule has 0 aliphatic carbocycles.